The second-order valence-corrected chi connectivity index (χ2v) is 8.58. The molecule has 0 saturated carbocycles. The molecule has 0 aliphatic carbocycles. The van der Waals surface area contributed by atoms with Gasteiger partial charge in [0.1, 0.15) is 0 Å². The molecule has 1 spiro atoms. The predicted molar refractivity (Wildman–Crippen MR) is 113 cm³/mol. The van der Waals surface area contributed by atoms with Crippen LogP contribution in [0.2, 0.25) is 0 Å². The highest BCUT2D eigenvalue weighted by Crippen LogP contribution is 2.54. The summed E-state index contributed by atoms with van der Waals surface area (Å²) < 4.78 is 38.7. The van der Waals surface area contributed by atoms with Crippen LogP contribution in [0.1, 0.15) is 30.4 Å². The van der Waals surface area contributed by atoms with Crippen LogP contribution in [-0.4, -0.2) is 64.8 Å². The maximum absolute atomic E-state index is 12.9. The second-order valence-electron chi connectivity index (χ2n) is 8.58. The number of nitrogens with zero attached hydrogens (tertiary/aromatic N) is 3. The van der Waals surface area contributed by atoms with Gasteiger partial charge >= 0.3 is 6.18 Å². The quantitative estimate of drug-likeness (QED) is 0.768. The van der Waals surface area contributed by atoms with Crippen LogP contribution in [0.4, 0.5) is 13.2 Å². The highest BCUT2D eigenvalue weighted by Gasteiger charge is 2.66. The Balaban J connectivity index is 1.59. The van der Waals surface area contributed by atoms with Crippen LogP contribution in [0.25, 0.3) is 11.1 Å². The number of amides is 1. The summed E-state index contributed by atoms with van der Waals surface area (Å²) in [6, 6.07) is 16.7. The topological polar surface area (TPSA) is 67.6 Å². The van der Waals surface area contributed by atoms with Gasteiger partial charge < -0.3 is 10.0 Å². The Morgan fingerprint density at radius 2 is 1.69 bits per heavy atom. The van der Waals surface area contributed by atoms with Crippen molar-refractivity contribution in [1.29, 1.82) is 5.26 Å². The Labute approximate surface area is 184 Å². The van der Waals surface area contributed by atoms with E-state index >= 15 is 0 Å². The van der Waals surface area contributed by atoms with Crippen LogP contribution in [0.15, 0.2) is 48.5 Å². The van der Waals surface area contributed by atoms with Crippen molar-refractivity contribution in [3.63, 3.8) is 0 Å². The molecule has 2 heterocycles. The number of hydrogen-bond donors (Lipinski definition) is 1. The van der Waals surface area contributed by atoms with E-state index in [0.29, 0.717) is 18.7 Å². The van der Waals surface area contributed by atoms with Crippen LogP contribution in [-0.2, 0) is 4.79 Å². The standard InChI is InChI=1S/C24H24F3N3O2/c1-16(32)29-14-23(15-29)22(21(13-31)30(23)11-10-24(25,26)27)20-8-6-19(7-9-20)18-4-2-17(12-28)3-5-18/h2-9,21-22,31H,10-11,13-15H2,1H3/t21-,22+/m0/s1. The largest absolute Gasteiger partial charge is 0.395 e. The van der Waals surface area contributed by atoms with Gasteiger partial charge in [-0.2, -0.15) is 18.4 Å². The van der Waals surface area contributed by atoms with Crippen LogP contribution in [0, 0.1) is 11.3 Å². The smallest absolute Gasteiger partial charge is 0.390 e. The molecule has 0 unspecified atom stereocenters. The van der Waals surface area contributed by atoms with Crippen LogP contribution in [0.5, 0.6) is 0 Å². The van der Waals surface area contributed by atoms with Crippen molar-refractivity contribution in [2.24, 2.45) is 0 Å². The minimum atomic E-state index is -4.28. The Hall–Kier alpha value is -2.89. The van der Waals surface area contributed by atoms with Gasteiger partial charge in [-0.15, -0.1) is 0 Å². The maximum Gasteiger partial charge on any atom is 0.390 e. The molecule has 8 heteroatoms. The lowest BCUT2D eigenvalue weighted by atomic mass is 9.60. The fourth-order valence-corrected chi connectivity index (χ4v) is 5.17. The number of carbonyl (C=O) groups excluding carboxylic acids is 1. The number of aliphatic hydroxyl groups is 1. The zero-order valence-electron chi connectivity index (χ0n) is 17.6. The molecule has 4 rings (SSSR count). The average Bonchev–Trinajstić information content (AvgIpc) is 2.71. The van der Waals surface area contributed by atoms with Gasteiger partial charge in [-0.25, -0.2) is 0 Å². The molecule has 168 valence electrons. The number of aliphatic hydroxyl groups excluding tert-OH is 1. The molecule has 0 aromatic heterocycles. The van der Waals surface area contributed by atoms with Gasteiger partial charge in [-0.3, -0.25) is 9.69 Å². The molecule has 5 nitrogen and oxygen atoms in total. The summed E-state index contributed by atoms with van der Waals surface area (Å²) in [5, 5.41) is 18.9. The van der Waals surface area contributed by atoms with Gasteiger partial charge in [0.15, 0.2) is 0 Å². The molecule has 2 atom stereocenters. The molecule has 2 aromatic carbocycles. The minimum absolute atomic E-state index is 0.103. The molecule has 2 saturated heterocycles. The molecule has 1 N–H and O–H groups in total. The third kappa shape index (κ3) is 3.87. The summed E-state index contributed by atoms with van der Waals surface area (Å²) in [6.45, 7) is 1.73. The molecule has 1 amide bonds. The van der Waals surface area contributed by atoms with E-state index in [4.69, 9.17) is 5.26 Å². The van der Waals surface area contributed by atoms with E-state index in [1.165, 1.54) is 6.92 Å². The maximum atomic E-state index is 12.9. The number of hydrogen-bond acceptors (Lipinski definition) is 4. The number of rotatable bonds is 5. The number of halogens is 3. The summed E-state index contributed by atoms with van der Waals surface area (Å²) in [4.78, 5) is 15.1. The summed E-state index contributed by atoms with van der Waals surface area (Å²) in [6.07, 6.45) is -5.23. The summed E-state index contributed by atoms with van der Waals surface area (Å²) in [7, 11) is 0. The van der Waals surface area contributed by atoms with Gasteiger partial charge in [0.2, 0.25) is 5.91 Å². The van der Waals surface area contributed by atoms with Gasteiger partial charge in [0, 0.05) is 38.5 Å². The number of likely N-dealkylation sites (tertiary alicyclic amines) is 2. The van der Waals surface area contributed by atoms with Gasteiger partial charge in [-0.1, -0.05) is 36.4 Å². The molecular formula is C24H24F3N3O2. The monoisotopic (exact) mass is 443 g/mol. The van der Waals surface area contributed by atoms with Gasteiger partial charge in [0.25, 0.3) is 0 Å². The Morgan fingerprint density at radius 3 is 2.16 bits per heavy atom. The Kier molecular flexibility index (Phi) is 5.74. The lowest BCUT2D eigenvalue weighted by Crippen LogP contribution is -2.85. The van der Waals surface area contributed by atoms with E-state index in [-0.39, 0.29) is 25.0 Å². The average molecular weight is 443 g/mol. The van der Waals surface area contributed by atoms with E-state index in [1.807, 2.05) is 36.4 Å². The fourth-order valence-electron chi connectivity index (χ4n) is 5.17. The van der Waals surface area contributed by atoms with Gasteiger partial charge in [0.05, 0.1) is 30.2 Å². The molecular weight excluding hydrogens is 419 g/mol. The molecule has 2 fully saturated rings. The van der Waals surface area contributed by atoms with E-state index in [0.717, 1.165) is 16.7 Å². The Bertz CT molecular complexity index is 1020. The van der Waals surface area contributed by atoms with Crippen molar-refractivity contribution in [2.75, 3.05) is 26.2 Å². The zero-order chi connectivity index (χ0) is 23.1. The second kappa shape index (κ2) is 8.23. The van der Waals surface area contributed by atoms with Crippen molar-refractivity contribution in [3.8, 4) is 17.2 Å². The SMILES string of the molecule is CC(=O)N1CC2(C1)[C@H](c1ccc(-c3ccc(C#N)cc3)cc1)[C@H](CO)N2CCC(F)(F)F. The number of alkyl halides is 3. The van der Waals surface area contributed by atoms with Crippen molar-refractivity contribution in [2.45, 2.75) is 37.0 Å². The normalized spacial score (nSPS) is 22.2. The first-order chi connectivity index (χ1) is 15.2. The molecule has 2 aliphatic rings. The first-order valence-corrected chi connectivity index (χ1v) is 10.5. The van der Waals surface area contributed by atoms with E-state index in [9.17, 15) is 23.1 Å². The number of carbonyl (C=O) groups is 1. The number of benzene rings is 2. The van der Waals surface area contributed by atoms with Crippen LogP contribution < -0.4 is 0 Å². The molecule has 0 radical (unpaired) electrons. The third-order valence-electron chi connectivity index (χ3n) is 6.75. The highest BCUT2D eigenvalue weighted by molar-refractivity contribution is 5.75. The zero-order valence-corrected chi connectivity index (χ0v) is 17.6. The van der Waals surface area contributed by atoms with Gasteiger partial charge in [-0.05, 0) is 28.8 Å². The predicted octanol–water partition coefficient (Wildman–Crippen LogP) is 3.54. The van der Waals surface area contributed by atoms with Crippen molar-refractivity contribution >= 4 is 5.91 Å². The van der Waals surface area contributed by atoms with E-state index < -0.39 is 24.2 Å². The van der Waals surface area contributed by atoms with E-state index in [1.54, 1.807) is 21.9 Å². The first-order valence-electron chi connectivity index (χ1n) is 10.5. The van der Waals surface area contributed by atoms with Crippen molar-refractivity contribution < 1.29 is 23.1 Å². The minimum Gasteiger partial charge on any atom is -0.395 e. The van der Waals surface area contributed by atoms with Crippen LogP contribution >= 0.6 is 0 Å². The lowest BCUT2D eigenvalue weighted by Gasteiger charge is -2.70. The summed E-state index contributed by atoms with van der Waals surface area (Å²) in [5.74, 6) is -0.264. The molecule has 2 aliphatic heterocycles. The first kappa shape index (κ1) is 22.3. The summed E-state index contributed by atoms with van der Waals surface area (Å²) >= 11 is 0. The lowest BCUT2D eigenvalue weighted by molar-refractivity contribution is -0.209. The molecule has 2 aromatic rings. The van der Waals surface area contributed by atoms with Crippen molar-refractivity contribution in [3.05, 3.63) is 59.7 Å². The molecule has 32 heavy (non-hydrogen) atoms. The third-order valence-corrected chi connectivity index (χ3v) is 6.75. The highest BCUT2D eigenvalue weighted by atomic mass is 19.4. The molecule has 0 bridgehead atoms. The number of nitriles is 1. The fraction of sp³-hybridized carbons (Fsp3) is 0.417. The summed E-state index contributed by atoms with van der Waals surface area (Å²) in [5.41, 5.74) is 2.84. The Morgan fingerprint density at radius 1 is 1.12 bits per heavy atom. The van der Waals surface area contributed by atoms with E-state index in [2.05, 4.69) is 6.07 Å². The van der Waals surface area contributed by atoms with Crippen LogP contribution in [0.3, 0.4) is 0 Å². The van der Waals surface area contributed by atoms with Crippen molar-refractivity contribution in [1.82, 2.24) is 9.80 Å².